The molecule has 262 valence electrons. The van der Waals surface area contributed by atoms with Gasteiger partial charge in [0.1, 0.15) is 24.2 Å². The zero-order valence-corrected chi connectivity index (χ0v) is 26.8. The van der Waals surface area contributed by atoms with Crippen LogP contribution in [0.15, 0.2) is 54.6 Å². The molecular formula is C32H39N7O10. The number of nitro groups is 1. The van der Waals surface area contributed by atoms with E-state index in [9.17, 15) is 43.7 Å². The number of likely N-dealkylation sites (tertiary alicyclic amines) is 1. The van der Waals surface area contributed by atoms with Gasteiger partial charge in [0.2, 0.25) is 35.4 Å². The van der Waals surface area contributed by atoms with Crippen molar-refractivity contribution in [1.29, 1.82) is 0 Å². The Morgan fingerprint density at radius 3 is 2.20 bits per heavy atom. The van der Waals surface area contributed by atoms with Crippen molar-refractivity contribution in [2.24, 2.45) is 5.73 Å². The molecule has 4 atom stereocenters. The van der Waals surface area contributed by atoms with Gasteiger partial charge < -0.3 is 37.0 Å². The van der Waals surface area contributed by atoms with E-state index in [1.807, 2.05) is 0 Å². The SMILES string of the molecule is C[C@H](NC(=O)CCC(=O)O)C(=O)N[C@@H](CCC(N)=O)C(=O)N1CCC[C@H]1C(=O)N[C@@H](Cc1ccccc1)C(=O)Nc1ccc([N+](=O)[O-])cc1. The first-order chi connectivity index (χ1) is 23.2. The zero-order chi connectivity index (χ0) is 36.1. The maximum absolute atomic E-state index is 13.8. The number of non-ortho nitro benzene ring substituents is 1. The summed E-state index contributed by atoms with van der Waals surface area (Å²) in [6.07, 6.45) is -0.524. The highest BCUT2D eigenvalue weighted by Gasteiger charge is 2.39. The van der Waals surface area contributed by atoms with Crippen molar-refractivity contribution in [2.75, 3.05) is 11.9 Å². The second-order valence-corrected chi connectivity index (χ2v) is 11.5. The minimum absolute atomic E-state index is 0.0828. The van der Waals surface area contributed by atoms with E-state index in [1.54, 1.807) is 30.3 Å². The number of nitrogens with two attached hydrogens (primary N) is 1. The predicted octanol–water partition coefficient (Wildman–Crippen LogP) is 0.372. The van der Waals surface area contributed by atoms with Gasteiger partial charge in [-0.1, -0.05) is 30.3 Å². The molecule has 1 fully saturated rings. The lowest BCUT2D eigenvalue weighted by atomic mass is 10.0. The van der Waals surface area contributed by atoms with E-state index in [1.165, 1.54) is 36.1 Å². The van der Waals surface area contributed by atoms with E-state index < -0.39 is 76.9 Å². The van der Waals surface area contributed by atoms with Crippen LogP contribution < -0.4 is 27.0 Å². The number of hydrogen-bond donors (Lipinski definition) is 6. The molecule has 0 saturated carbocycles. The second-order valence-electron chi connectivity index (χ2n) is 11.5. The van der Waals surface area contributed by atoms with E-state index in [2.05, 4.69) is 21.3 Å². The normalized spacial score (nSPS) is 15.6. The first-order valence-electron chi connectivity index (χ1n) is 15.5. The number of nitrogens with zero attached hydrogens (tertiary/aromatic N) is 2. The number of nitrogens with one attached hydrogen (secondary N) is 4. The highest BCUT2D eigenvalue weighted by atomic mass is 16.6. The molecular weight excluding hydrogens is 642 g/mol. The molecule has 0 aromatic heterocycles. The topological polar surface area (TPSA) is 260 Å². The van der Waals surface area contributed by atoms with Crippen LogP contribution in [0.5, 0.6) is 0 Å². The van der Waals surface area contributed by atoms with Gasteiger partial charge in [0, 0.05) is 43.6 Å². The van der Waals surface area contributed by atoms with Crippen molar-refractivity contribution in [3.63, 3.8) is 0 Å². The molecule has 0 bridgehead atoms. The number of primary amides is 1. The number of carboxylic acid groups (broad SMARTS) is 1. The van der Waals surface area contributed by atoms with Crippen LogP contribution in [0.4, 0.5) is 11.4 Å². The van der Waals surface area contributed by atoms with Gasteiger partial charge in [-0.3, -0.25) is 43.7 Å². The number of anilines is 1. The van der Waals surface area contributed by atoms with Crippen LogP contribution >= 0.6 is 0 Å². The molecule has 6 amide bonds. The molecule has 0 unspecified atom stereocenters. The van der Waals surface area contributed by atoms with Crippen LogP contribution in [-0.4, -0.2) is 87.1 Å². The standard InChI is InChI=1S/C32H39N7O10/c1-19(34-27(41)15-16-28(42)43)29(44)36-23(13-14-26(33)40)32(47)38-17-5-8-25(38)31(46)37-24(18-20-6-3-2-4-7-20)30(45)35-21-9-11-22(12-10-21)39(48)49/h2-4,6-7,9-12,19,23-25H,5,8,13-18H2,1H3,(H2,33,40)(H,34,41)(H,35,45)(H,36,44)(H,37,46)(H,42,43)/t19-,23-,24-,25-/m0/s1. The smallest absolute Gasteiger partial charge is 0.303 e. The van der Waals surface area contributed by atoms with E-state index in [-0.39, 0.29) is 50.0 Å². The highest BCUT2D eigenvalue weighted by molar-refractivity contribution is 5.99. The molecule has 0 spiro atoms. The van der Waals surface area contributed by atoms with Gasteiger partial charge in [0.25, 0.3) is 5.69 Å². The lowest BCUT2D eigenvalue weighted by molar-refractivity contribution is -0.384. The lowest BCUT2D eigenvalue weighted by Gasteiger charge is -2.30. The molecule has 0 radical (unpaired) electrons. The first-order valence-corrected chi connectivity index (χ1v) is 15.5. The minimum atomic E-state index is -1.29. The van der Waals surface area contributed by atoms with Gasteiger partial charge in [-0.25, -0.2) is 0 Å². The number of hydrogen-bond acceptors (Lipinski definition) is 9. The first kappa shape index (κ1) is 37.6. The molecule has 2 aromatic rings. The van der Waals surface area contributed by atoms with Crippen LogP contribution in [0.3, 0.4) is 0 Å². The molecule has 7 N–H and O–H groups in total. The quantitative estimate of drug-likeness (QED) is 0.0987. The molecule has 1 aliphatic heterocycles. The average Bonchev–Trinajstić information content (AvgIpc) is 3.56. The van der Waals surface area contributed by atoms with Crippen LogP contribution in [-0.2, 0) is 40.0 Å². The number of carbonyl (C=O) groups excluding carboxylic acids is 6. The van der Waals surface area contributed by atoms with Crippen LogP contribution in [0.2, 0.25) is 0 Å². The molecule has 1 saturated heterocycles. The van der Waals surface area contributed by atoms with Crippen molar-refractivity contribution in [1.82, 2.24) is 20.9 Å². The van der Waals surface area contributed by atoms with E-state index in [4.69, 9.17) is 10.8 Å². The Morgan fingerprint density at radius 2 is 1.59 bits per heavy atom. The van der Waals surface area contributed by atoms with Gasteiger partial charge >= 0.3 is 5.97 Å². The summed E-state index contributed by atoms with van der Waals surface area (Å²) in [6, 6.07) is 9.44. The zero-order valence-electron chi connectivity index (χ0n) is 26.8. The Labute approximate surface area is 281 Å². The Bertz CT molecular complexity index is 1550. The fraction of sp³-hybridized carbons (Fsp3) is 0.406. The van der Waals surface area contributed by atoms with Crippen molar-refractivity contribution >= 4 is 52.8 Å². The molecule has 2 aromatic carbocycles. The molecule has 1 aliphatic rings. The number of benzene rings is 2. The number of nitro benzene ring substituents is 1. The van der Waals surface area contributed by atoms with E-state index >= 15 is 0 Å². The third kappa shape index (κ3) is 11.7. The second kappa shape index (κ2) is 17.9. The number of carboxylic acids is 1. The van der Waals surface area contributed by atoms with Crippen LogP contribution in [0.25, 0.3) is 0 Å². The fourth-order valence-corrected chi connectivity index (χ4v) is 5.17. The van der Waals surface area contributed by atoms with Crippen molar-refractivity contribution in [3.05, 3.63) is 70.3 Å². The van der Waals surface area contributed by atoms with E-state index in [0.29, 0.717) is 6.42 Å². The highest BCUT2D eigenvalue weighted by Crippen LogP contribution is 2.21. The van der Waals surface area contributed by atoms with Crippen LogP contribution in [0, 0.1) is 10.1 Å². The van der Waals surface area contributed by atoms with Crippen LogP contribution in [0.1, 0.15) is 51.0 Å². The summed E-state index contributed by atoms with van der Waals surface area (Å²) in [5.41, 5.74) is 6.12. The molecule has 1 heterocycles. The molecule has 17 nitrogen and oxygen atoms in total. The van der Waals surface area contributed by atoms with Crippen molar-refractivity contribution in [2.45, 2.75) is 76.0 Å². The molecule has 0 aliphatic carbocycles. The fourth-order valence-electron chi connectivity index (χ4n) is 5.17. The Hall–Kier alpha value is -5.87. The monoisotopic (exact) mass is 681 g/mol. The Morgan fingerprint density at radius 1 is 0.918 bits per heavy atom. The average molecular weight is 682 g/mol. The van der Waals surface area contributed by atoms with Gasteiger partial charge in [-0.05, 0) is 43.9 Å². The van der Waals surface area contributed by atoms with Gasteiger partial charge in [0.05, 0.1) is 11.3 Å². The number of aliphatic carboxylic acids is 1. The molecule has 49 heavy (non-hydrogen) atoms. The lowest BCUT2D eigenvalue weighted by Crippen LogP contribution is -2.57. The van der Waals surface area contributed by atoms with E-state index in [0.717, 1.165) is 5.56 Å². The maximum atomic E-state index is 13.8. The summed E-state index contributed by atoms with van der Waals surface area (Å²) in [4.78, 5) is 99.8. The Kier molecular flexibility index (Phi) is 13.7. The third-order valence-electron chi connectivity index (χ3n) is 7.73. The summed E-state index contributed by atoms with van der Waals surface area (Å²) in [5.74, 6) is -5.31. The Balaban J connectivity index is 1.75. The summed E-state index contributed by atoms with van der Waals surface area (Å²) in [6.45, 7) is 1.48. The number of rotatable bonds is 17. The number of carbonyl (C=O) groups is 7. The summed E-state index contributed by atoms with van der Waals surface area (Å²) >= 11 is 0. The summed E-state index contributed by atoms with van der Waals surface area (Å²) in [7, 11) is 0. The number of amides is 6. The van der Waals surface area contributed by atoms with Gasteiger partial charge in [0.15, 0.2) is 0 Å². The maximum Gasteiger partial charge on any atom is 0.303 e. The summed E-state index contributed by atoms with van der Waals surface area (Å²) in [5, 5.41) is 30.0. The minimum Gasteiger partial charge on any atom is -0.481 e. The summed E-state index contributed by atoms with van der Waals surface area (Å²) < 4.78 is 0. The van der Waals surface area contributed by atoms with Gasteiger partial charge in [-0.2, -0.15) is 0 Å². The van der Waals surface area contributed by atoms with Crippen molar-refractivity contribution < 1.29 is 43.6 Å². The third-order valence-corrected chi connectivity index (χ3v) is 7.73. The molecule has 17 heteroatoms. The largest absolute Gasteiger partial charge is 0.481 e. The van der Waals surface area contributed by atoms with Crippen molar-refractivity contribution in [3.8, 4) is 0 Å². The predicted molar refractivity (Wildman–Crippen MR) is 173 cm³/mol. The van der Waals surface area contributed by atoms with Gasteiger partial charge in [-0.15, -0.1) is 0 Å². The molecule has 3 rings (SSSR count).